The van der Waals surface area contributed by atoms with E-state index in [0.717, 1.165) is 5.76 Å². The van der Waals surface area contributed by atoms with Gasteiger partial charge in [-0.15, -0.1) is 0 Å². The Kier molecular flexibility index (Phi) is 4.91. The molecule has 1 aromatic heterocycles. The molecule has 2 saturated heterocycles. The van der Waals surface area contributed by atoms with Gasteiger partial charge in [0.2, 0.25) is 5.91 Å². The number of nitrogens with zero attached hydrogens (tertiary/aromatic N) is 2. The summed E-state index contributed by atoms with van der Waals surface area (Å²) in [5.74, 6) is -0.0717. The molecule has 2 aliphatic heterocycles. The van der Waals surface area contributed by atoms with Gasteiger partial charge < -0.3 is 14.2 Å². The number of carbonyl (C=O) groups excluding carboxylic acids is 2. The van der Waals surface area contributed by atoms with E-state index >= 15 is 0 Å². The molecule has 2 aromatic rings. The Morgan fingerprint density at radius 3 is 2.44 bits per heavy atom. The third-order valence-corrected chi connectivity index (χ3v) is 5.07. The van der Waals surface area contributed by atoms with Crippen molar-refractivity contribution in [2.24, 2.45) is 0 Å². The van der Waals surface area contributed by atoms with Gasteiger partial charge in [0.1, 0.15) is 17.6 Å². The molecule has 1 aromatic carbocycles. The molecule has 2 aliphatic rings. The molecule has 3 heterocycles. The number of nitrogens with one attached hydrogen (secondary N) is 2. The number of hydrogen-bond acceptors (Lipinski definition) is 5. The van der Waals surface area contributed by atoms with E-state index in [1.54, 1.807) is 28.2 Å². The van der Waals surface area contributed by atoms with Crippen LogP contribution in [0.15, 0.2) is 47.1 Å². The summed E-state index contributed by atoms with van der Waals surface area (Å²) in [7, 11) is 0. The van der Waals surface area contributed by atoms with Crippen molar-refractivity contribution in [3.63, 3.8) is 0 Å². The molecule has 2 unspecified atom stereocenters. The number of carbonyl (C=O) groups is 2. The highest BCUT2D eigenvalue weighted by molar-refractivity contribution is 5.94. The number of amides is 2. The second-order valence-corrected chi connectivity index (χ2v) is 6.74. The molecule has 8 heteroatoms. The summed E-state index contributed by atoms with van der Waals surface area (Å²) in [6.07, 6.45) is 2.21. The van der Waals surface area contributed by atoms with Gasteiger partial charge >= 0.3 is 0 Å². The van der Waals surface area contributed by atoms with Crippen molar-refractivity contribution < 1.29 is 18.4 Å². The van der Waals surface area contributed by atoms with Crippen LogP contribution < -0.4 is 10.9 Å². The zero-order chi connectivity index (χ0) is 18.8. The zero-order valence-electron chi connectivity index (χ0n) is 14.7. The van der Waals surface area contributed by atoms with Gasteiger partial charge in [-0.2, -0.15) is 0 Å². The third-order valence-electron chi connectivity index (χ3n) is 5.07. The molecule has 0 spiro atoms. The molecule has 0 saturated carbocycles. The summed E-state index contributed by atoms with van der Waals surface area (Å²) in [5.41, 5.74) is 6.18. The molecule has 7 nitrogen and oxygen atoms in total. The first-order valence-corrected chi connectivity index (χ1v) is 9.00. The van der Waals surface area contributed by atoms with Gasteiger partial charge in [-0.05, 0) is 30.7 Å². The Balaban J connectivity index is 1.32. The number of hydrazine groups is 1. The van der Waals surface area contributed by atoms with E-state index in [1.165, 1.54) is 12.1 Å². The Morgan fingerprint density at radius 2 is 1.74 bits per heavy atom. The van der Waals surface area contributed by atoms with Gasteiger partial charge in [-0.1, -0.05) is 12.1 Å². The number of benzene rings is 1. The largest absolute Gasteiger partial charge is 0.468 e. The van der Waals surface area contributed by atoms with E-state index in [1.807, 2.05) is 12.1 Å². The molecule has 27 heavy (non-hydrogen) atoms. The van der Waals surface area contributed by atoms with Crippen LogP contribution in [0.5, 0.6) is 0 Å². The van der Waals surface area contributed by atoms with Crippen LogP contribution in [-0.2, 0) is 4.79 Å². The van der Waals surface area contributed by atoms with Crippen LogP contribution in [0.2, 0.25) is 0 Å². The molecular formula is C19H21FN4O3. The fourth-order valence-corrected chi connectivity index (χ4v) is 3.55. The fraction of sp³-hybridized carbons (Fsp3) is 0.368. The topological polar surface area (TPSA) is 77.8 Å². The lowest BCUT2D eigenvalue weighted by Crippen LogP contribution is -2.54. The summed E-state index contributed by atoms with van der Waals surface area (Å²) in [6.45, 7) is 1.65. The third kappa shape index (κ3) is 3.58. The zero-order valence-corrected chi connectivity index (χ0v) is 14.7. The van der Waals surface area contributed by atoms with E-state index in [2.05, 4.69) is 10.9 Å². The van der Waals surface area contributed by atoms with E-state index in [9.17, 15) is 14.0 Å². The van der Waals surface area contributed by atoms with Crippen molar-refractivity contribution in [2.45, 2.75) is 18.5 Å². The second-order valence-electron chi connectivity index (χ2n) is 6.74. The molecule has 2 atom stereocenters. The highest BCUT2D eigenvalue weighted by Gasteiger charge is 2.35. The van der Waals surface area contributed by atoms with Crippen molar-refractivity contribution in [3.8, 4) is 0 Å². The van der Waals surface area contributed by atoms with Gasteiger partial charge in [0, 0.05) is 26.2 Å². The molecule has 2 fully saturated rings. The minimum absolute atomic E-state index is 0.00505. The fourth-order valence-electron chi connectivity index (χ4n) is 3.55. The predicted octanol–water partition coefficient (Wildman–Crippen LogP) is 1.31. The molecular weight excluding hydrogens is 351 g/mol. The second kappa shape index (κ2) is 7.50. The van der Waals surface area contributed by atoms with Gasteiger partial charge in [-0.3, -0.25) is 9.59 Å². The van der Waals surface area contributed by atoms with Gasteiger partial charge in [0.05, 0.1) is 17.9 Å². The molecule has 4 rings (SSSR count). The maximum absolute atomic E-state index is 13.8. The monoisotopic (exact) mass is 372 g/mol. The van der Waals surface area contributed by atoms with Crippen molar-refractivity contribution in [1.82, 2.24) is 20.7 Å². The number of halogens is 1. The summed E-state index contributed by atoms with van der Waals surface area (Å²) in [4.78, 5) is 28.6. The molecule has 2 amide bonds. The Morgan fingerprint density at radius 1 is 1.00 bits per heavy atom. The molecule has 2 N–H and O–H groups in total. The highest BCUT2D eigenvalue weighted by Crippen LogP contribution is 2.23. The van der Waals surface area contributed by atoms with Crippen molar-refractivity contribution >= 4 is 11.8 Å². The standard InChI is InChI=1S/C19H21FN4O3/c20-14-5-2-1-4-13(14)18(25)23-7-9-24(10-8-23)19(26)16-12-15(21-22-16)17-6-3-11-27-17/h1-6,11,15-16,21-22H,7-10,12H2. The smallest absolute Gasteiger partial charge is 0.256 e. The molecule has 0 aliphatic carbocycles. The molecule has 0 radical (unpaired) electrons. The Labute approximate surface area is 156 Å². The first-order valence-electron chi connectivity index (χ1n) is 9.00. The average molecular weight is 372 g/mol. The van der Waals surface area contributed by atoms with Gasteiger partial charge in [0.15, 0.2) is 0 Å². The van der Waals surface area contributed by atoms with E-state index < -0.39 is 5.82 Å². The lowest BCUT2D eigenvalue weighted by Gasteiger charge is -2.36. The van der Waals surface area contributed by atoms with Crippen LogP contribution in [0.1, 0.15) is 28.6 Å². The number of rotatable bonds is 3. The molecule has 0 bridgehead atoms. The maximum Gasteiger partial charge on any atom is 0.256 e. The lowest BCUT2D eigenvalue weighted by atomic mass is 10.1. The van der Waals surface area contributed by atoms with Crippen molar-refractivity contribution in [2.75, 3.05) is 26.2 Å². The van der Waals surface area contributed by atoms with Crippen LogP contribution in [-0.4, -0.2) is 53.8 Å². The summed E-state index contributed by atoms with van der Waals surface area (Å²) in [6, 6.07) is 9.27. The minimum atomic E-state index is -0.522. The van der Waals surface area contributed by atoms with Crippen LogP contribution in [0.3, 0.4) is 0 Å². The molecule has 142 valence electrons. The van der Waals surface area contributed by atoms with Gasteiger partial charge in [-0.25, -0.2) is 15.2 Å². The summed E-state index contributed by atoms with van der Waals surface area (Å²) >= 11 is 0. The summed E-state index contributed by atoms with van der Waals surface area (Å²) < 4.78 is 19.2. The van der Waals surface area contributed by atoms with Gasteiger partial charge in [0.25, 0.3) is 5.91 Å². The average Bonchev–Trinajstić information content (AvgIpc) is 3.39. The van der Waals surface area contributed by atoms with Crippen LogP contribution in [0.4, 0.5) is 4.39 Å². The number of hydrogen-bond donors (Lipinski definition) is 2. The van der Waals surface area contributed by atoms with Crippen molar-refractivity contribution in [1.29, 1.82) is 0 Å². The van der Waals surface area contributed by atoms with Crippen LogP contribution in [0, 0.1) is 5.82 Å². The Hall–Kier alpha value is -2.71. The van der Waals surface area contributed by atoms with Crippen molar-refractivity contribution in [3.05, 3.63) is 59.8 Å². The lowest BCUT2D eigenvalue weighted by molar-refractivity contribution is -0.134. The SMILES string of the molecule is O=C(c1ccccc1F)N1CCN(C(=O)C2CC(c3ccco3)NN2)CC1. The van der Waals surface area contributed by atoms with E-state index in [0.29, 0.717) is 32.6 Å². The van der Waals surface area contributed by atoms with E-state index in [4.69, 9.17) is 4.42 Å². The predicted molar refractivity (Wildman–Crippen MR) is 95.0 cm³/mol. The first-order chi connectivity index (χ1) is 13.1. The summed E-state index contributed by atoms with van der Waals surface area (Å²) in [5, 5.41) is 0. The Bertz CT molecular complexity index is 818. The minimum Gasteiger partial charge on any atom is -0.468 e. The van der Waals surface area contributed by atoms with Crippen LogP contribution >= 0.6 is 0 Å². The number of piperazine rings is 1. The van der Waals surface area contributed by atoms with Crippen LogP contribution in [0.25, 0.3) is 0 Å². The maximum atomic E-state index is 13.8. The van der Waals surface area contributed by atoms with E-state index in [-0.39, 0.29) is 29.5 Å². The highest BCUT2D eigenvalue weighted by atomic mass is 19.1. The normalized spacial score (nSPS) is 22.9. The first kappa shape index (κ1) is 17.7. The quantitative estimate of drug-likeness (QED) is 0.850. The number of furan rings is 1.